The molecule has 1 aromatic carbocycles. The van der Waals surface area contributed by atoms with Gasteiger partial charge in [0, 0.05) is 26.1 Å². The van der Waals surface area contributed by atoms with Gasteiger partial charge in [0.05, 0.1) is 12.3 Å². The lowest BCUT2D eigenvalue weighted by atomic mass is 9.97. The third kappa shape index (κ3) is 5.19. The second-order valence-electron chi connectivity index (χ2n) is 6.45. The standard InChI is InChI=1S/C18H28N2O4S/c1-4-25(22,23)20-11-9-16(10-12-20)18(21)19(3)13-14-24-17-8-6-5-7-15(17)2/h5-8,16H,4,9-14H2,1-3H3. The normalized spacial score (nSPS) is 16.6. The second-order valence-corrected chi connectivity index (χ2v) is 8.71. The van der Waals surface area contributed by atoms with Crippen LogP contribution in [-0.2, 0) is 14.8 Å². The molecule has 0 saturated carbocycles. The Balaban J connectivity index is 1.78. The van der Waals surface area contributed by atoms with E-state index in [1.54, 1.807) is 18.9 Å². The molecule has 1 aliphatic heterocycles. The summed E-state index contributed by atoms with van der Waals surface area (Å²) < 4.78 is 31.0. The van der Waals surface area contributed by atoms with E-state index in [4.69, 9.17) is 4.74 Å². The average Bonchev–Trinajstić information content (AvgIpc) is 2.62. The highest BCUT2D eigenvalue weighted by Gasteiger charge is 2.31. The van der Waals surface area contributed by atoms with Gasteiger partial charge in [-0.1, -0.05) is 18.2 Å². The number of aryl methyl sites for hydroxylation is 1. The summed E-state index contributed by atoms with van der Waals surface area (Å²) in [6.07, 6.45) is 1.17. The molecule has 7 heteroatoms. The Labute approximate surface area is 150 Å². The fourth-order valence-electron chi connectivity index (χ4n) is 3.00. The number of likely N-dealkylation sites (N-methyl/N-ethyl adjacent to an activating group) is 1. The molecule has 0 N–H and O–H groups in total. The van der Waals surface area contributed by atoms with E-state index in [0.29, 0.717) is 39.1 Å². The topological polar surface area (TPSA) is 66.9 Å². The van der Waals surface area contributed by atoms with Crippen molar-refractivity contribution >= 4 is 15.9 Å². The van der Waals surface area contributed by atoms with E-state index >= 15 is 0 Å². The molecule has 0 spiro atoms. The maximum Gasteiger partial charge on any atom is 0.225 e. The average molecular weight is 368 g/mol. The number of amides is 1. The van der Waals surface area contributed by atoms with Crippen LogP contribution in [0.3, 0.4) is 0 Å². The van der Waals surface area contributed by atoms with Gasteiger partial charge in [-0.3, -0.25) is 4.79 Å². The zero-order chi connectivity index (χ0) is 18.4. The number of piperidine rings is 1. The number of rotatable bonds is 7. The summed E-state index contributed by atoms with van der Waals surface area (Å²) >= 11 is 0. The van der Waals surface area contributed by atoms with Crippen LogP contribution in [0.4, 0.5) is 0 Å². The minimum Gasteiger partial charge on any atom is -0.491 e. The minimum atomic E-state index is -3.15. The Morgan fingerprint density at radius 1 is 1.28 bits per heavy atom. The SMILES string of the molecule is CCS(=O)(=O)N1CCC(C(=O)N(C)CCOc2ccccc2C)CC1. The summed E-state index contributed by atoms with van der Waals surface area (Å²) in [5.74, 6) is 0.914. The number of benzene rings is 1. The van der Waals surface area contributed by atoms with Crippen molar-refractivity contribution in [2.24, 2.45) is 5.92 Å². The molecule has 0 bridgehead atoms. The number of nitrogens with zero attached hydrogens (tertiary/aromatic N) is 2. The molecule has 1 heterocycles. The number of carbonyl (C=O) groups is 1. The fourth-order valence-corrected chi connectivity index (χ4v) is 4.13. The van der Waals surface area contributed by atoms with Crippen LogP contribution in [0.25, 0.3) is 0 Å². The molecular formula is C18H28N2O4S. The van der Waals surface area contributed by atoms with Gasteiger partial charge in [-0.15, -0.1) is 0 Å². The van der Waals surface area contributed by atoms with Crippen LogP contribution in [0, 0.1) is 12.8 Å². The van der Waals surface area contributed by atoms with Gasteiger partial charge in [-0.2, -0.15) is 0 Å². The highest BCUT2D eigenvalue weighted by atomic mass is 32.2. The first-order chi connectivity index (χ1) is 11.8. The van der Waals surface area contributed by atoms with Crippen LogP contribution in [0.1, 0.15) is 25.3 Å². The molecule has 1 aromatic rings. The molecule has 1 fully saturated rings. The van der Waals surface area contributed by atoms with Gasteiger partial charge in [-0.05, 0) is 38.3 Å². The summed E-state index contributed by atoms with van der Waals surface area (Å²) in [5, 5.41) is 0. The second kappa shape index (κ2) is 8.67. The molecular weight excluding hydrogens is 340 g/mol. The Kier molecular flexibility index (Phi) is 6.84. The molecule has 0 unspecified atom stereocenters. The zero-order valence-electron chi connectivity index (χ0n) is 15.3. The van der Waals surface area contributed by atoms with E-state index in [-0.39, 0.29) is 17.6 Å². The molecule has 1 saturated heterocycles. The molecule has 0 atom stereocenters. The van der Waals surface area contributed by atoms with Gasteiger partial charge in [0.25, 0.3) is 0 Å². The van der Waals surface area contributed by atoms with Crippen LogP contribution in [-0.4, -0.2) is 62.6 Å². The zero-order valence-corrected chi connectivity index (χ0v) is 16.1. The van der Waals surface area contributed by atoms with Crippen molar-refractivity contribution in [3.63, 3.8) is 0 Å². The van der Waals surface area contributed by atoms with Crippen molar-refractivity contribution in [1.29, 1.82) is 0 Å². The van der Waals surface area contributed by atoms with Crippen molar-refractivity contribution in [2.75, 3.05) is 39.0 Å². The molecule has 1 aliphatic rings. The summed E-state index contributed by atoms with van der Waals surface area (Å²) in [4.78, 5) is 14.2. The van der Waals surface area contributed by atoms with E-state index in [9.17, 15) is 13.2 Å². The third-order valence-electron chi connectivity index (χ3n) is 4.72. The molecule has 25 heavy (non-hydrogen) atoms. The summed E-state index contributed by atoms with van der Waals surface area (Å²) in [6, 6.07) is 7.79. The van der Waals surface area contributed by atoms with Crippen molar-refractivity contribution in [3.8, 4) is 5.75 Å². The van der Waals surface area contributed by atoms with Gasteiger partial charge in [0.15, 0.2) is 0 Å². The van der Waals surface area contributed by atoms with Gasteiger partial charge in [0.1, 0.15) is 12.4 Å². The van der Waals surface area contributed by atoms with E-state index in [1.165, 1.54) is 4.31 Å². The molecule has 0 radical (unpaired) electrons. The number of carbonyl (C=O) groups excluding carboxylic acids is 1. The number of ether oxygens (including phenoxy) is 1. The monoisotopic (exact) mass is 368 g/mol. The minimum absolute atomic E-state index is 0.0712. The van der Waals surface area contributed by atoms with Gasteiger partial charge in [-0.25, -0.2) is 12.7 Å². The number of sulfonamides is 1. The lowest BCUT2D eigenvalue weighted by Crippen LogP contribution is -2.44. The quantitative estimate of drug-likeness (QED) is 0.737. The van der Waals surface area contributed by atoms with Crippen LogP contribution in [0.2, 0.25) is 0 Å². The first-order valence-electron chi connectivity index (χ1n) is 8.76. The number of hydrogen-bond acceptors (Lipinski definition) is 4. The third-order valence-corrected chi connectivity index (χ3v) is 6.60. The predicted octanol–water partition coefficient (Wildman–Crippen LogP) is 1.89. The first kappa shape index (κ1) is 19.7. The highest BCUT2D eigenvalue weighted by Crippen LogP contribution is 2.22. The highest BCUT2D eigenvalue weighted by molar-refractivity contribution is 7.89. The van der Waals surface area contributed by atoms with Crippen molar-refractivity contribution in [3.05, 3.63) is 29.8 Å². The molecule has 2 rings (SSSR count). The lowest BCUT2D eigenvalue weighted by molar-refractivity contribution is -0.135. The summed E-state index contributed by atoms with van der Waals surface area (Å²) in [6.45, 7) is 5.45. The number of hydrogen-bond donors (Lipinski definition) is 0. The van der Waals surface area contributed by atoms with Crippen LogP contribution in [0.15, 0.2) is 24.3 Å². The molecule has 6 nitrogen and oxygen atoms in total. The Morgan fingerprint density at radius 3 is 2.52 bits per heavy atom. The smallest absolute Gasteiger partial charge is 0.225 e. The van der Waals surface area contributed by atoms with Crippen LogP contribution < -0.4 is 4.74 Å². The Morgan fingerprint density at radius 2 is 1.92 bits per heavy atom. The first-order valence-corrected chi connectivity index (χ1v) is 10.4. The molecule has 0 aliphatic carbocycles. The molecule has 1 amide bonds. The maximum atomic E-state index is 12.5. The van der Waals surface area contributed by atoms with Gasteiger partial charge in [0.2, 0.25) is 15.9 Å². The number of para-hydroxylation sites is 1. The Bertz CT molecular complexity index is 682. The lowest BCUT2D eigenvalue weighted by Gasteiger charge is -2.32. The summed E-state index contributed by atoms with van der Waals surface area (Å²) in [5.41, 5.74) is 1.07. The molecule has 0 aromatic heterocycles. The van der Waals surface area contributed by atoms with E-state index in [1.807, 2.05) is 31.2 Å². The molecule has 140 valence electrons. The Hall–Kier alpha value is -1.60. The van der Waals surface area contributed by atoms with Gasteiger partial charge < -0.3 is 9.64 Å². The largest absolute Gasteiger partial charge is 0.491 e. The van der Waals surface area contributed by atoms with Crippen molar-refractivity contribution < 1.29 is 17.9 Å². The maximum absolute atomic E-state index is 12.5. The van der Waals surface area contributed by atoms with E-state index in [0.717, 1.165) is 11.3 Å². The van der Waals surface area contributed by atoms with E-state index < -0.39 is 10.0 Å². The van der Waals surface area contributed by atoms with Crippen molar-refractivity contribution in [2.45, 2.75) is 26.7 Å². The van der Waals surface area contributed by atoms with Crippen LogP contribution in [0.5, 0.6) is 5.75 Å². The van der Waals surface area contributed by atoms with Crippen LogP contribution >= 0.6 is 0 Å². The summed E-state index contributed by atoms with van der Waals surface area (Å²) in [7, 11) is -1.37. The van der Waals surface area contributed by atoms with Crippen molar-refractivity contribution in [1.82, 2.24) is 9.21 Å². The predicted molar refractivity (Wildman–Crippen MR) is 98.1 cm³/mol. The van der Waals surface area contributed by atoms with E-state index in [2.05, 4.69) is 0 Å². The van der Waals surface area contributed by atoms with Gasteiger partial charge >= 0.3 is 0 Å². The fraction of sp³-hybridized carbons (Fsp3) is 0.611.